The summed E-state index contributed by atoms with van der Waals surface area (Å²) in [6.45, 7) is 1.79. The number of esters is 1. The molecule has 1 aliphatic heterocycles. The fraction of sp³-hybridized carbons (Fsp3) is 0.333. The number of carbonyl (C=O) groups excluding carboxylic acids is 1. The molecule has 1 saturated heterocycles. The quantitative estimate of drug-likeness (QED) is 0.856. The Bertz CT molecular complexity index is 619. The average molecular weight is 310 g/mol. The highest BCUT2D eigenvalue weighted by molar-refractivity contribution is 9.10. The Labute approximate surface area is 112 Å². The Morgan fingerprint density at radius 3 is 2.94 bits per heavy atom. The smallest absolute Gasteiger partial charge is 0.358 e. The van der Waals surface area contributed by atoms with E-state index in [1.54, 1.807) is 0 Å². The minimum absolute atomic E-state index is 0.352. The van der Waals surface area contributed by atoms with Crippen LogP contribution in [0.1, 0.15) is 22.2 Å². The van der Waals surface area contributed by atoms with Gasteiger partial charge in [-0.05, 0) is 28.1 Å². The molecule has 1 fully saturated rings. The largest absolute Gasteiger partial charge is 0.464 e. The van der Waals surface area contributed by atoms with Gasteiger partial charge < -0.3 is 14.5 Å². The highest BCUT2D eigenvalue weighted by Gasteiger charge is 2.27. The summed E-state index contributed by atoms with van der Waals surface area (Å²) in [6.07, 6.45) is 1.93. The molecule has 0 spiro atoms. The summed E-state index contributed by atoms with van der Waals surface area (Å²) in [5.74, 6) is 0.865. The summed E-state index contributed by atoms with van der Waals surface area (Å²) < 4.78 is 7.69. The number of imidazole rings is 1. The number of pyridine rings is 1. The van der Waals surface area contributed by atoms with E-state index in [4.69, 9.17) is 4.74 Å². The van der Waals surface area contributed by atoms with Crippen LogP contribution in [0.4, 0.5) is 0 Å². The van der Waals surface area contributed by atoms with Crippen LogP contribution in [0.15, 0.2) is 22.8 Å². The first-order valence-corrected chi connectivity index (χ1v) is 6.46. The highest BCUT2D eigenvalue weighted by Crippen LogP contribution is 2.25. The van der Waals surface area contributed by atoms with Crippen molar-refractivity contribution in [2.45, 2.75) is 5.92 Å². The fourth-order valence-electron chi connectivity index (χ4n) is 2.09. The molecule has 0 unspecified atom stereocenters. The molecule has 2 aromatic heterocycles. The van der Waals surface area contributed by atoms with Gasteiger partial charge in [-0.25, -0.2) is 9.78 Å². The fourth-order valence-corrected chi connectivity index (χ4v) is 2.43. The summed E-state index contributed by atoms with van der Waals surface area (Å²) in [7, 11) is 1.37. The van der Waals surface area contributed by atoms with Crippen molar-refractivity contribution in [3.05, 3.63) is 34.3 Å². The Morgan fingerprint density at radius 2 is 2.33 bits per heavy atom. The van der Waals surface area contributed by atoms with Gasteiger partial charge in [0.25, 0.3) is 0 Å². The first-order valence-electron chi connectivity index (χ1n) is 5.67. The zero-order chi connectivity index (χ0) is 12.7. The van der Waals surface area contributed by atoms with Crippen LogP contribution in [0.25, 0.3) is 5.52 Å². The van der Waals surface area contributed by atoms with Crippen molar-refractivity contribution in [3.63, 3.8) is 0 Å². The Hall–Kier alpha value is -1.40. The molecule has 0 aliphatic carbocycles. The molecule has 0 saturated carbocycles. The van der Waals surface area contributed by atoms with Gasteiger partial charge in [-0.1, -0.05) is 0 Å². The molecule has 0 amide bonds. The van der Waals surface area contributed by atoms with E-state index in [1.807, 2.05) is 22.7 Å². The van der Waals surface area contributed by atoms with Crippen LogP contribution in [-0.4, -0.2) is 35.6 Å². The predicted octanol–water partition coefficient (Wildman–Crippen LogP) is 1.57. The van der Waals surface area contributed by atoms with Gasteiger partial charge in [0.15, 0.2) is 5.69 Å². The molecule has 1 aliphatic rings. The Balaban J connectivity index is 2.21. The molecule has 3 heterocycles. The molecule has 0 radical (unpaired) electrons. The third-order valence-corrected chi connectivity index (χ3v) is 3.62. The maximum Gasteiger partial charge on any atom is 0.358 e. The van der Waals surface area contributed by atoms with Gasteiger partial charge in [0, 0.05) is 29.7 Å². The third-order valence-electron chi connectivity index (χ3n) is 3.15. The van der Waals surface area contributed by atoms with Crippen LogP contribution in [0.5, 0.6) is 0 Å². The van der Waals surface area contributed by atoms with E-state index in [2.05, 4.69) is 26.2 Å². The minimum atomic E-state index is -0.395. The van der Waals surface area contributed by atoms with E-state index < -0.39 is 5.97 Å². The minimum Gasteiger partial charge on any atom is -0.464 e. The standard InChI is InChI=1S/C12H12BrN3O2/c1-18-12(17)10-9-3-2-8(13)6-16(9)11(15-10)7-4-14-5-7/h2-3,6-7,14H,4-5H2,1H3. The van der Waals surface area contributed by atoms with Crippen molar-refractivity contribution in [3.8, 4) is 0 Å². The number of nitrogens with zero attached hydrogens (tertiary/aromatic N) is 2. The van der Waals surface area contributed by atoms with Crippen molar-refractivity contribution >= 4 is 27.4 Å². The van der Waals surface area contributed by atoms with Gasteiger partial charge in [0.2, 0.25) is 0 Å². The van der Waals surface area contributed by atoms with Crippen LogP contribution in [0, 0.1) is 0 Å². The number of rotatable bonds is 2. The molecule has 18 heavy (non-hydrogen) atoms. The molecular weight excluding hydrogens is 298 g/mol. The van der Waals surface area contributed by atoms with Crippen molar-refractivity contribution in [1.29, 1.82) is 0 Å². The summed E-state index contributed by atoms with van der Waals surface area (Å²) in [6, 6.07) is 3.77. The highest BCUT2D eigenvalue weighted by atomic mass is 79.9. The lowest BCUT2D eigenvalue weighted by molar-refractivity contribution is 0.0596. The monoisotopic (exact) mass is 309 g/mol. The lowest BCUT2D eigenvalue weighted by Gasteiger charge is -2.25. The van der Waals surface area contributed by atoms with Crippen molar-refractivity contribution in [1.82, 2.24) is 14.7 Å². The molecule has 0 bridgehead atoms. The SMILES string of the molecule is COC(=O)c1nc(C2CNC2)n2cc(Br)ccc12. The molecular formula is C12H12BrN3O2. The number of methoxy groups -OCH3 is 1. The van der Waals surface area contributed by atoms with Gasteiger partial charge in [-0.15, -0.1) is 0 Å². The molecule has 3 rings (SSSR count). The first-order chi connectivity index (χ1) is 8.70. The van der Waals surface area contributed by atoms with E-state index >= 15 is 0 Å². The van der Waals surface area contributed by atoms with Crippen molar-refractivity contribution in [2.75, 3.05) is 20.2 Å². The Kier molecular flexibility index (Phi) is 2.83. The summed E-state index contributed by atoms with van der Waals surface area (Å²) in [5.41, 5.74) is 1.17. The molecule has 6 heteroatoms. The number of ether oxygens (including phenoxy) is 1. The lowest BCUT2D eigenvalue weighted by Crippen LogP contribution is -2.40. The lowest BCUT2D eigenvalue weighted by atomic mass is 10.0. The molecule has 0 atom stereocenters. The number of hydrogen-bond acceptors (Lipinski definition) is 4. The van der Waals surface area contributed by atoms with Gasteiger partial charge >= 0.3 is 5.97 Å². The average Bonchev–Trinajstić information content (AvgIpc) is 2.65. The molecule has 94 valence electrons. The van der Waals surface area contributed by atoms with Crippen molar-refractivity contribution in [2.24, 2.45) is 0 Å². The Morgan fingerprint density at radius 1 is 1.56 bits per heavy atom. The number of carbonyl (C=O) groups is 1. The van der Waals surface area contributed by atoms with Gasteiger partial charge in [0.05, 0.1) is 12.6 Å². The van der Waals surface area contributed by atoms with Crippen LogP contribution < -0.4 is 5.32 Å². The maximum absolute atomic E-state index is 11.7. The molecule has 2 aromatic rings. The topological polar surface area (TPSA) is 55.6 Å². The number of fused-ring (bicyclic) bond motifs is 1. The summed E-state index contributed by atoms with van der Waals surface area (Å²) in [4.78, 5) is 16.2. The third kappa shape index (κ3) is 1.72. The molecule has 0 aromatic carbocycles. The van der Waals surface area contributed by atoms with E-state index in [9.17, 15) is 4.79 Å². The van der Waals surface area contributed by atoms with E-state index in [1.165, 1.54) is 7.11 Å². The number of halogens is 1. The summed E-state index contributed by atoms with van der Waals surface area (Å²) in [5, 5.41) is 3.21. The second kappa shape index (κ2) is 4.37. The van der Waals surface area contributed by atoms with E-state index in [-0.39, 0.29) is 0 Å². The first kappa shape index (κ1) is 11.7. The van der Waals surface area contributed by atoms with E-state index in [0.717, 1.165) is 28.9 Å². The molecule has 5 nitrogen and oxygen atoms in total. The summed E-state index contributed by atoms with van der Waals surface area (Å²) >= 11 is 3.44. The number of hydrogen-bond donors (Lipinski definition) is 1. The van der Waals surface area contributed by atoms with Crippen molar-refractivity contribution < 1.29 is 9.53 Å². The zero-order valence-electron chi connectivity index (χ0n) is 9.81. The van der Waals surface area contributed by atoms with Gasteiger partial charge in [-0.2, -0.15) is 0 Å². The number of nitrogens with one attached hydrogen (secondary N) is 1. The van der Waals surface area contributed by atoms with Crippen LogP contribution in [0.2, 0.25) is 0 Å². The second-order valence-corrected chi connectivity index (χ2v) is 5.18. The maximum atomic E-state index is 11.7. The normalized spacial score (nSPS) is 15.7. The number of aromatic nitrogens is 2. The van der Waals surface area contributed by atoms with Crippen LogP contribution in [0.3, 0.4) is 0 Å². The van der Waals surface area contributed by atoms with E-state index in [0.29, 0.717) is 11.6 Å². The van der Waals surface area contributed by atoms with Crippen LogP contribution in [-0.2, 0) is 4.74 Å². The predicted molar refractivity (Wildman–Crippen MR) is 69.8 cm³/mol. The molecule has 1 N–H and O–H groups in total. The second-order valence-electron chi connectivity index (χ2n) is 4.27. The van der Waals surface area contributed by atoms with Crippen LogP contribution >= 0.6 is 15.9 Å². The zero-order valence-corrected chi connectivity index (χ0v) is 11.4. The van der Waals surface area contributed by atoms with Gasteiger partial charge in [-0.3, -0.25) is 0 Å². The van der Waals surface area contributed by atoms with Gasteiger partial charge in [0.1, 0.15) is 5.82 Å².